The molecule has 0 heterocycles. The van der Waals surface area contributed by atoms with Crippen molar-refractivity contribution in [3.05, 3.63) is 0 Å². The Labute approximate surface area is 126 Å². The molecule has 1 aliphatic carbocycles. The van der Waals surface area contributed by atoms with Crippen LogP contribution in [0.15, 0.2) is 0 Å². The average Bonchev–Trinajstić information content (AvgIpc) is 3.15. The van der Waals surface area contributed by atoms with Gasteiger partial charge in [-0.3, -0.25) is 4.79 Å². The van der Waals surface area contributed by atoms with Gasteiger partial charge in [0.25, 0.3) is 5.91 Å². The third-order valence-corrected chi connectivity index (χ3v) is 3.14. The highest BCUT2D eigenvalue weighted by Gasteiger charge is 2.32. The Hall–Kier alpha value is -1.30. The number of aliphatic hydroxyl groups is 1. The van der Waals surface area contributed by atoms with Gasteiger partial charge in [0.15, 0.2) is 6.10 Å². The van der Waals surface area contributed by atoms with Crippen molar-refractivity contribution in [3.63, 3.8) is 0 Å². The molecule has 122 valence electrons. The minimum absolute atomic E-state index is 0.181. The lowest BCUT2D eigenvalue weighted by molar-refractivity contribution is -0.131. The lowest BCUT2D eigenvalue weighted by Crippen LogP contribution is -2.51. The number of alkyl carbamates (subject to hydrolysis) is 1. The molecule has 1 fully saturated rings. The highest BCUT2D eigenvalue weighted by Crippen LogP contribution is 2.19. The van der Waals surface area contributed by atoms with Gasteiger partial charge in [-0.2, -0.15) is 0 Å². The summed E-state index contributed by atoms with van der Waals surface area (Å²) in [6.45, 7) is 7.32. The number of aliphatic hydroxyl groups excluding tert-OH is 1. The van der Waals surface area contributed by atoms with Crippen molar-refractivity contribution in [1.82, 2.24) is 10.6 Å². The summed E-state index contributed by atoms with van der Waals surface area (Å²) in [5.74, 6) is -0.422. The van der Waals surface area contributed by atoms with Crippen LogP contribution >= 0.6 is 0 Å². The van der Waals surface area contributed by atoms with Crippen molar-refractivity contribution >= 4 is 12.0 Å². The van der Waals surface area contributed by atoms with E-state index in [1.165, 1.54) is 0 Å². The second-order valence-corrected chi connectivity index (χ2v) is 6.62. The lowest BCUT2D eigenvalue weighted by Gasteiger charge is -2.26. The van der Waals surface area contributed by atoms with E-state index < -0.39 is 29.7 Å². The largest absolute Gasteiger partial charge is 0.444 e. The van der Waals surface area contributed by atoms with Gasteiger partial charge in [-0.05, 0) is 40.0 Å². The van der Waals surface area contributed by atoms with E-state index >= 15 is 0 Å². The molecule has 6 nitrogen and oxygen atoms in total. The predicted molar refractivity (Wildman–Crippen MR) is 79.9 cm³/mol. The fraction of sp³-hybridized carbons (Fsp3) is 0.867. The van der Waals surface area contributed by atoms with E-state index in [4.69, 9.17) is 4.74 Å². The molecule has 0 unspecified atom stereocenters. The lowest BCUT2D eigenvalue weighted by atomic mass is 10.0. The molecule has 21 heavy (non-hydrogen) atoms. The molecule has 2 atom stereocenters. The van der Waals surface area contributed by atoms with E-state index in [9.17, 15) is 14.7 Å². The van der Waals surface area contributed by atoms with Crippen molar-refractivity contribution in [2.75, 3.05) is 0 Å². The fourth-order valence-electron chi connectivity index (χ4n) is 1.89. The van der Waals surface area contributed by atoms with Crippen molar-refractivity contribution in [3.8, 4) is 0 Å². The maximum Gasteiger partial charge on any atom is 0.407 e. The summed E-state index contributed by atoms with van der Waals surface area (Å²) < 4.78 is 5.18. The predicted octanol–water partition coefficient (Wildman–Crippen LogP) is 1.71. The molecule has 3 N–H and O–H groups in total. The van der Waals surface area contributed by atoms with Crippen molar-refractivity contribution < 1.29 is 19.4 Å². The molecule has 0 bridgehead atoms. The van der Waals surface area contributed by atoms with Gasteiger partial charge in [-0.25, -0.2) is 4.79 Å². The Bertz CT molecular complexity index is 361. The van der Waals surface area contributed by atoms with E-state index in [0.717, 1.165) is 25.7 Å². The van der Waals surface area contributed by atoms with Gasteiger partial charge in [-0.15, -0.1) is 0 Å². The van der Waals surface area contributed by atoms with Crippen LogP contribution in [0.4, 0.5) is 4.79 Å². The van der Waals surface area contributed by atoms with E-state index in [0.29, 0.717) is 6.42 Å². The average molecular weight is 300 g/mol. The van der Waals surface area contributed by atoms with Crippen molar-refractivity contribution in [2.45, 2.75) is 83.6 Å². The van der Waals surface area contributed by atoms with Crippen LogP contribution in [0.2, 0.25) is 0 Å². The van der Waals surface area contributed by atoms with Crippen LogP contribution in [0.3, 0.4) is 0 Å². The monoisotopic (exact) mass is 300 g/mol. The van der Waals surface area contributed by atoms with Gasteiger partial charge in [0.2, 0.25) is 0 Å². The summed E-state index contributed by atoms with van der Waals surface area (Å²) in [7, 11) is 0. The minimum Gasteiger partial charge on any atom is -0.444 e. The molecule has 6 heteroatoms. The maximum absolute atomic E-state index is 11.9. The quantitative estimate of drug-likeness (QED) is 0.668. The van der Waals surface area contributed by atoms with Gasteiger partial charge in [0.1, 0.15) is 5.60 Å². The molecule has 0 spiro atoms. The van der Waals surface area contributed by atoms with Crippen LogP contribution in [0.5, 0.6) is 0 Å². The van der Waals surface area contributed by atoms with Gasteiger partial charge in [0, 0.05) is 6.04 Å². The van der Waals surface area contributed by atoms with E-state index in [2.05, 4.69) is 10.6 Å². The molecule has 0 aliphatic heterocycles. The first kappa shape index (κ1) is 17.8. The summed E-state index contributed by atoms with van der Waals surface area (Å²) in [5, 5.41) is 15.5. The number of nitrogens with one attached hydrogen (secondary N) is 2. The molecule has 0 aromatic rings. The molecule has 1 saturated carbocycles. The summed E-state index contributed by atoms with van der Waals surface area (Å²) in [6.07, 6.45) is 2.33. The number of hydrogen-bond donors (Lipinski definition) is 3. The standard InChI is InChI=1S/C15H28N2O4/c1-5-6-7-11(17-14(20)21-15(2,3)4)12(18)13(19)16-10-8-9-10/h10-12,18H,5-9H2,1-4H3,(H,16,19)(H,17,20)/t11-,12+/m0/s1. The SMILES string of the molecule is CCCC[C@H](NC(=O)OC(C)(C)C)[C@@H](O)C(=O)NC1CC1. The zero-order chi connectivity index (χ0) is 16.0. The van der Waals surface area contributed by atoms with E-state index in [1.54, 1.807) is 20.8 Å². The molecule has 2 amide bonds. The van der Waals surface area contributed by atoms with Gasteiger partial charge >= 0.3 is 6.09 Å². The first-order valence-corrected chi connectivity index (χ1v) is 7.71. The number of rotatable bonds is 7. The first-order chi connectivity index (χ1) is 9.73. The topological polar surface area (TPSA) is 87.7 Å². The van der Waals surface area contributed by atoms with Crippen LogP contribution in [0.25, 0.3) is 0 Å². The number of unbranched alkanes of at least 4 members (excludes halogenated alkanes) is 1. The second kappa shape index (κ2) is 7.64. The number of amides is 2. The third kappa shape index (κ3) is 7.32. The van der Waals surface area contributed by atoms with Gasteiger partial charge in [0.05, 0.1) is 6.04 Å². The Balaban J connectivity index is 2.55. The normalized spacial score (nSPS) is 17.8. The summed E-state index contributed by atoms with van der Waals surface area (Å²) in [4.78, 5) is 23.7. The zero-order valence-corrected chi connectivity index (χ0v) is 13.4. The van der Waals surface area contributed by atoms with Crippen LogP contribution in [0, 0.1) is 0 Å². The zero-order valence-electron chi connectivity index (χ0n) is 13.4. The molecule has 1 aliphatic rings. The third-order valence-electron chi connectivity index (χ3n) is 3.14. The van der Waals surface area contributed by atoms with Crippen LogP contribution in [0.1, 0.15) is 59.8 Å². The highest BCUT2D eigenvalue weighted by molar-refractivity contribution is 5.82. The smallest absolute Gasteiger partial charge is 0.407 e. The van der Waals surface area contributed by atoms with Crippen LogP contribution in [-0.4, -0.2) is 40.9 Å². The van der Waals surface area contributed by atoms with Gasteiger partial charge < -0.3 is 20.5 Å². The summed E-state index contributed by atoms with van der Waals surface area (Å²) in [5.41, 5.74) is -0.611. The number of carbonyl (C=O) groups excluding carboxylic acids is 2. The van der Waals surface area contributed by atoms with E-state index in [1.807, 2.05) is 6.92 Å². The minimum atomic E-state index is -1.25. The molecule has 1 rings (SSSR count). The van der Waals surface area contributed by atoms with Crippen LogP contribution < -0.4 is 10.6 Å². The van der Waals surface area contributed by atoms with Crippen molar-refractivity contribution in [2.24, 2.45) is 0 Å². The van der Waals surface area contributed by atoms with E-state index in [-0.39, 0.29) is 6.04 Å². The number of ether oxygens (including phenoxy) is 1. The summed E-state index contributed by atoms with van der Waals surface area (Å²) >= 11 is 0. The first-order valence-electron chi connectivity index (χ1n) is 7.71. The molecule has 0 radical (unpaired) electrons. The summed E-state index contributed by atoms with van der Waals surface area (Å²) in [6, 6.07) is -0.445. The number of hydrogen-bond acceptors (Lipinski definition) is 4. The second-order valence-electron chi connectivity index (χ2n) is 6.62. The Morgan fingerprint density at radius 1 is 1.33 bits per heavy atom. The fourth-order valence-corrected chi connectivity index (χ4v) is 1.89. The number of carbonyl (C=O) groups is 2. The van der Waals surface area contributed by atoms with Gasteiger partial charge in [-0.1, -0.05) is 19.8 Å². The van der Waals surface area contributed by atoms with Crippen molar-refractivity contribution in [1.29, 1.82) is 0 Å². The Morgan fingerprint density at radius 3 is 2.43 bits per heavy atom. The molecular formula is C15H28N2O4. The van der Waals surface area contributed by atoms with Crippen LogP contribution in [-0.2, 0) is 9.53 Å². The highest BCUT2D eigenvalue weighted by atomic mass is 16.6. The molecule has 0 aromatic carbocycles. The molecular weight excluding hydrogens is 272 g/mol. The Morgan fingerprint density at radius 2 is 1.95 bits per heavy atom. The molecule has 0 saturated heterocycles. The Kier molecular flexibility index (Phi) is 6.45. The maximum atomic E-state index is 11.9. The molecule has 0 aromatic heterocycles.